The van der Waals surface area contributed by atoms with Gasteiger partial charge in [-0.1, -0.05) is 0 Å². The molecule has 0 radical (unpaired) electrons. The molecule has 0 spiro atoms. The Morgan fingerprint density at radius 2 is 1.65 bits per heavy atom. The number of carboxylic acid groups (broad SMARTS) is 1. The summed E-state index contributed by atoms with van der Waals surface area (Å²) in [6.45, 7) is 0. The smallest absolute Gasteiger partial charge is 0.335 e. The molecular weight excluding hydrogens is 265 g/mol. The van der Waals surface area contributed by atoms with Gasteiger partial charge in [0.05, 0.1) is 5.56 Å². The van der Waals surface area contributed by atoms with Crippen molar-refractivity contribution in [3.8, 4) is 11.5 Å². The maximum absolute atomic E-state index is 13.7. The largest absolute Gasteiger partial charge is 0.478 e. The third kappa shape index (κ3) is 2.92. The van der Waals surface area contributed by atoms with Gasteiger partial charge in [-0.05, 0) is 42.5 Å². The summed E-state index contributed by atoms with van der Waals surface area (Å²) in [5.41, 5.74) is 5.17. The number of benzene rings is 2. The van der Waals surface area contributed by atoms with Crippen molar-refractivity contribution in [2.24, 2.45) is 5.73 Å². The Morgan fingerprint density at radius 1 is 1.05 bits per heavy atom. The molecular formula is C14H10FNO4. The molecule has 0 heterocycles. The molecule has 0 atom stereocenters. The third-order valence-electron chi connectivity index (χ3n) is 2.55. The number of halogens is 1. The zero-order chi connectivity index (χ0) is 14.7. The van der Waals surface area contributed by atoms with E-state index < -0.39 is 17.7 Å². The van der Waals surface area contributed by atoms with Gasteiger partial charge in [-0.2, -0.15) is 0 Å². The Labute approximate surface area is 113 Å². The van der Waals surface area contributed by atoms with Crippen LogP contribution in [0.15, 0.2) is 42.5 Å². The van der Waals surface area contributed by atoms with E-state index in [1.54, 1.807) is 0 Å². The summed E-state index contributed by atoms with van der Waals surface area (Å²) in [7, 11) is 0. The summed E-state index contributed by atoms with van der Waals surface area (Å²) in [6.07, 6.45) is 0. The van der Waals surface area contributed by atoms with Gasteiger partial charge in [0.25, 0.3) is 0 Å². The van der Waals surface area contributed by atoms with Crippen LogP contribution in [0.5, 0.6) is 11.5 Å². The first-order valence-corrected chi connectivity index (χ1v) is 5.58. The van der Waals surface area contributed by atoms with E-state index in [0.29, 0.717) is 0 Å². The molecule has 1 amide bonds. The van der Waals surface area contributed by atoms with Crippen LogP contribution in [0.1, 0.15) is 20.7 Å². The summed E-state index contributed by atoms with van der Waals surface area (Å²) >= 11 is 0. The van der Waals surface area contributed by atoms with E-state index in [9.17, 15) is 14.0 Å². The van der Waals surface area contributed by atoms with E-state index in [4.69, 9.17) is 15.6 Å². The molecule has 2 rings (SSSR count). The number of carbonyl (C=O) groups excluding carboxylic acids is 1. The highest BCUT2D eigenvalue weighted by Gasteiger charge is 2.09. The second-order valence-corrected chi connectivity index (χ2v) is 3.94. The number of ether oxygens (including phenoxy) is 1. The van der Waals surface area contributed by atoms with Crippen molar-refractivity contribution in [1.82, 2.24) is 0 Å². The normalized spacial score (nSPS) is 10.1. The minimum atomic E-state index is -1.06. The highest BCUT2D eigenvalue weighted by Crippen LogP contribution is 2.25. The maximum Gasteiger partial charge on any atom is 0.335 e. The molecule has 0 bridgehead atoms. The molecule has 0 aromatic heterocycles. The van der Waals surface area contributed by atoms with E-state index in [0.717, 1.165) is 6.07 Å². The van der Waals surface area contributed by atoms with Crippen LogP contribution in [-0.2, 0) is 0 Å². The summed E-state index contributed by atoms with van der Waals surface area (Å²) < 4.78 is 18.9. The summed E-state index contributed by atoms with van der Waals surface area (Å²) in [5.74, 6) is -2.34. The number of carboxylic acids is 1. The molecule has 0 aliphatic carbocycles. The van der Waals surface area contributed by atoms with Crippen LogP contribution < -0.4 is 10.5 Å². The van der Waals surface area contributed by atoms with E-state index in [-0.39, 0.29) is 22.6 Å². The Kier molecular flexibility index (Phi) is 3.65. The summed E-state index contributed by atoms with van der Waals surface area (Å²) in [5, 5.41) is 8.75. The lowest BCUT2D eigenvalue weighted by Crippen LogP contribution is -2.11. The first-order valence-electron chi connectivity index (χ1n) is 5.58. The van der Waals surface area contributed by atoms with Crippen molar-refractivity contribution in [3.05, 3.63) is 59.4 Å². The van der Waals surface area contributed by atoms with Crippen LogP contribution in [0.4, 0.5) is 4.39 Å². The number of aromatic carboxylic acids is 1. The number of rotatable bonds is 4. The van der Waals surface area contributed by atoms with E-state index in [2.05, 4.69) is 0 Å². The van der Waals surface area contributed by atoms with Gasteiger partial charge in [0.1, 0.15) is 5.75 Å². The molecule has 2 aromatic carbocycles. The average molecular weight is 275 g/mol. The fourth-order valence-electron chi connectivity index (χ4n) is 1.53. The van der Waals surface area contributed by atoms with Gasteiger partial charge in [-0.15, -0.1) is 0 Å². The van der Waals surface area contributed by atoms with E-state index >= 15 is 0 Å². The Bertz CT molecular complexity index is 667. The molecule has 3 N–H and O–H groups in total. The van der Waals surface area contributed by atoms with Gasteiger partial charge >= 0.3 is 5.97 Å². The number of hydrogen-bond donors (Lipinski definition) is 2. The fourth-order valence-corrected chi connectivity index (χ4v) is 1.53. The molecule has 0 saturated heterocycles. The van der Waals surface area contributed by atoms with Crippen LogP contribution >= 0.6 is 0 Å². The first kappa shape index (κ1) is 13.5. The maximum atomic E-state index is 13.7. The standard InChI is InChI=1S/C14H10FNO4/c15-11-7-9(13(16)17)3-6-12(11)20-10-4-1-8(2-5-10)14(18)19/h1-7H,(H2,16,17)(H,18,19). The van der Waals surface area contributed by atoms with Crippen LogP contribution in [0.3, 0.4) is 0 Å². The van der Waals surface area contributed by atoms with Crippen LogP contribution in [0.2, 0.25) is 0 Å². The van der Waals surface area contributed by atoms with Gasteiger partial charge in [0, 0.05) is 5.56 Å². The molecule has 102 valence electrons. The number of carbonyl (C=O) groups is 2. The van der Waals surface area contributed by atoms with Crippen LogP contribution in [-0.4, -0.2) is 17.0 Å². The minimum absolute atomic E-state index is 0.0380. The summed E-state index contributed by atoms with van der Waals surface area (Å²) in [6, 6.07) is 9.09. The second kappa shape index (κ2) is 5.40. The molecule has 0 aliphatic heterocycles. The number of nitrogens with two attached hydrogens (primary N) is 1. The van der Waals surface area contributed by atoms with Crippen molar-refractivity contribution in [2.45, 2.75) is 0 Å². The zero-order valence-electron chi connectivity index (χ0n) is 10.2. The molecule has 20 heavy (non-hydrogen) atoms. The quantitative estimate of drug-likeness (QED) is 0.896. The van der Waals surface area contributed by atoms with Crippen molar-refractivity contribution in [1.29, 1.82) is 0 Å². The zero-order valence-corrected chi connectivity index (χ0v) is 10.2. The molecule has 0 unspecified atom stereocenters. The number of primary amides is 1. The van der Waals surface area contributed by atoms with Crippen molar-refractivity contribution in [3.63, 3.8) is 0 Å². The Morgan fingerprint density at radius 3 is 2.15 bits per heavy atom. The SMILES string of the molecule is NC(=O)c1ccc(Oc2ccc(C(=O)O)cc2)c(F)c1. The van der Waals surface area contributed by atoms with Gasteiger partial charge in [-0.3, -0.25) is 4.79 Å². The molecule has 0 aliphatic rings. The average Bonchev–Trinajstić information content (AvgIpc) is 2.41. The van der Waals surface area contributed by atoms with E-state index in [1.165, 1.54) is 36.4 Å². The molecule has 0 fully saturated rings. The monoisotopic (exact) mass is 275 g/mol. The van der Waals surface area contributed by atoms with Crippen LogP contribution in [0, 0.1) is 5.82 Å². The molecule has 6 heteroatoms. The number of hydrogen-bond acceptors (Lipinski definition) is 3. The van der Waals surface area contributed by atoms with Crippen molar-refractivity contribution < 1.29 is 23.8 Å². The van der Waals surface area contributed by atoms with Gasteiger partial charge in [-0.25, -0.2) is 9.18 Å². The van der Waals surface area contributed by atoms with E-state index in [1.807, 2.05) is 0 Å². The molecule has 0 saturated carbocycles. The lowest BCUT2D eigenvalue weighted by atomic mass is 10.2. The number of amides is 1. The highest BCUT2D eigenvalue weighted by molar-refractivity contribution is 5.92. The topological polar surface area (TPSA) is 89.6 Å². The second-order valence-electron chi connectivity index (χ2n) is 3.94. The Hall–Kier alpha value is -2.89. The van der Waals surface area contributed by atoms with Gasteiger partial charge in [0.15, 0.2) is 11.6 Å². The minimum Gasteiger partial charge on any atom is -0.478 e. The summed E-state index contributed by atoms with van der Waals surface area (Å²) in [4.78, 5) is 21.6. The lowest BCUT2D eigenvalue weighted by Gasteiger charge is -2.07. The van der Waals surface area contributed by atoms with Crippen LogP contribution in [0.25, 0.3) is 0 Å². The van der Waals surface area contributed by atoms with Gasteiger partial charge in [0.2, 0.25) is 5.91 Å². The fraction of sp³-hybridized carbons (Fsp3) is 0. The van der Waals surface area contributed by atoms with Crippen molar-refractivity contribution >= 4 is 11.9 Å². The highest BCUT2D eigenvalue weighted by atomic mass is 19.1. The predicted molar refractivity (Wildman–Crippen MR) is 68.4 cm³/mol. The molecule has 2 aromatic rings. The third-order valence-corrected chi connectivity index (χ3v) is 2.55. The first-order chi connectivity index (χ1) is 9.47. The van der Waals surface area contributed by atoms with Gasteiger partial charge < -0.3 is 15.6 Å². The lowest BCUT2D eigenvalue weighted by molar-refractivity contribution is 0.0696. The Balaban J connectivity index is 2.21. The van der Waals surface area contributed by atoms with Crippen molar-refractivity contribution in [2.75, 3.05) is 0 Å². The predicted octanol–water partition coefficient (Wildman–Crippen LogP) is 2.42. The molecule has 5 nitrogen and oxygen atoms in total.